The van der Waals surface area contributed by atoms with Gasteiger partial charge in [-0.3, -0.25) is 9.78 Å². The lowest BCUT2D eigenvalue weighted by molar-refractivity contribution is -0.132. The van der Waals surface area contributed by atoms with Crippen molar-refractivity contribution in [2.24, 2.45) is 5.92 Å². The van der Waals surface area contributed by atoms with Crippen molar-refractivity contribution in [2.75, 3.05) is 37.6 Å². The summed E-state index contributed by atoms with van der Waals surface area (Å²) in [5, 5.41) is 8.06. The largest absolute Gasteiger partial charge is 0.366 e. The quantitative estimate of drug-likeness (QED) is 0.709. The number of anilines is 1. The van der Waals surface area contributed by atoms with Gasteiger partial charge in [-0.1, -0.05) is 6.07 Å². The molecule has 0 bridgehead atoms. The van der Waals surface area contributed by atoms with Crippen molar-refractivity contribution in [3.8, 4) is 11.3 Å². The van der Waals surface area contributed by atoms with Gasteiger partial charge < -0.3 is 15.1 Å². The van der Waals surface area contributed by atoms with Crippen molar-refractivity contribution in [2.45, 2.75) is 31.7 Å². The van der Waals surface area contributed by atoms with Gasteiger partial charge in [0.25, 0.3) is 0 Å². The first kappa shape index (κ1) is 18.8. The Balaban J connectivity index is 1.22. The van der Waals surface area contributed by atoms with Crippen molar-refractivity contribution >= 4 is 17.1 Å². The van der Waals surface area contributed by atoms with E-state index in [1.165, 1.54) is 24.1 Å². The van der Waals surface area contributed by atoms with E-state index in [0.29, 0.717) is 17.9 Å². The second-order valence-electron chi connectivity index (χ2n) is 8.99. The molecule has 3 aromatic rings. The molecule has 3 aromatic heterocycles. The van der Waals surface area contributed by atoms with Gasteiger partial charge in [-0.05, 0) is 56.0 Å². The van der Waals surface area contributed by atoms with Crippen molar-refractivity contribution in [1.29, 1.82) is 0 Å². The van der Waals surface area contributed by atoms with Gasteiger partial charge in [0.1, 0.15) is 0 Å². The van der Waals surface area contributed by atoms with Crippen LogP contribution in [0.5, 0.6) is 0 Å². The Morgan fingerprint density at radius 3 is 2.65 bits per heavy atom. The Hall–Kier alpha value is -2.93. The molecular formula is C24H28N6O. The number of amides is 1. The summed E-state index contributed by atoms with van der Waals surface area (Å²) >= 11 is 0. The Morgan fingerprint density at radius 2 is 1.94 bits per heavy atom. The SMILES string of the molecule is O=C(C1CC1)N1CCN(c2ccnn3cc(-c4ccc(C5CCCN5)cn4)cc23)CC1. The molecule has 3 aliphatic rings. The summed E-state index contributed by atoms with van der Waals surface area (Å²) in [6.07, 6.45) is 10.5. The first-order valence-corrected chi connectivity index (χ1v) is 11.5. The molecule has 6 rings (SSSR count). The molecule has 3 fully saturated rings. The van der Waals surface area contributed by atoms with Gasteiger partial charge in [-0.25, -0.2) is 4.52 Å². The number of piperazine rings is 1. The monoisotopic (exact) mass is 416 g/mol. The van der Waals surface area contributed by atoms with Crippen molar-refractivity contribution in [3.63, 3.8) is 0 Å². The highest BCUT2D eigenvalue weighted by atomic mass is 16.2. The number of fused-ring (bicyclic) bond motifs is 1. The van der Waals surface area contributed by atoms with E-state index >= 15 is 0 Å². The van der Waals surface area contributed by atoms with Crippen LogP contribution in [0.25, 0.3) is 16.8 Å². The molecule has 5 heterocycles. The van der Waals surface area contributed by atoms with E-state index in [2.05, 4.69) is 45.8 Å². The lowest BCUT2D eigenvalue weighted by Crippen LogP contribution is -2.49. The van der Waals surface area contributed by atoms with Gasteiger partial charge in [0, 0.05) is 62.3 Å². The molecule has 1 N–H and O–H groups in total. The molecule has 2 aliphatic heterocycles. The minimum absolute atomic E-state index is 0.302. The first-order chi connectivity index (χ1) is 15.3. The van der Waals surface area contributed by atoms with Gasteiger partial charge in [0.2, 0.25) is 5.91 Å². The van der Waals surface area contributed by atoms with Crippen LogP contribution in [0.3, 0.4) is 0 Å². The highest BCUT2D eigenvalue weighted by molar-refractivity contribution is 5.82. The van der Waals surface area contributed by atoms with Crippen LogP contribution in [0, 0.1) is 5.92 Å². The molecule has 1 unspecified atom stereocenters. The summed E-state index contributed by atoms with van der Waals surface area (Å²) in [6.45, 7) is 4.42. The van der Waals surface area contributed by atoms with Crippen LogP contribution >= 0.6 is 0 Å². The van der Waals surface area contributed by atoms with Gasteiger partial charge in [-0.15, -0.1) is 0 Å². The number of carbonyl (C=O) groups is 1. The molecule has 0 aromatic carbocycles. The van der Waals surface area contributed by atoms with Gasteiger partial charge >= 0.3 is 0 Å². The minimum Gasteiger partial charge on any atom is -0.366 e. The molecule has 1 amide bonds. The predicted molar refractivity (Wildman–Crippen MR) is 120 cm³/mol. The van der Waals surface area contributed by atoms with Crippen LogP contribution in [0.15, 0.2) is 42.9 Å². The fourth-order valence-electron chi connectivity index (χ4n) is 4.91. The molecule has 160 valence electrons. The predicted octanol–water partition coefficient (Wildman–Crippen LogP) is 2.88. The zero-order chi connectivity index (χ0) is 20.8. The maximum atomic E-state index is 12.4. The molecule has 1 atom stereocenters. The number of rotatable bonds is 4. The third kappa shape index (κ3) is 3.57. The zero-order valence-electron chi connectivity index (χ0n) is 17.7. The fraction of sp³-hybridized carbons (Fsp3) is 0.458. The average molecular weight is 417 g/mol. The lowest BCUT2D eigenvalue weighted by Gasteiger charge is -2.36. The van der Waals surface area contributed by atoms with E-state index in [0.717, 1.165) is 62.3 Å². The van der Waals surface area contributed by atoms with Gasteiger partial charge in [0.15, 0.2) is 0 Å². The maximum absolute atomic E-state index is 12.4. The second kappa shape index (κ2) is 7.64. The van der Waals surface area contributed by atoms with Crippen molar-refractivity contribution < 1.29 is 4.79 Å². The van der Waals surface area contributed by atoms with E-state index in [-0.39, 0.29) is 0 Å². The molecule has 0 spiro atoms. The summed E-state index contributed by atoms with van der Waals surface area (Å²) in [7, 11) is 0. The van der Waals surface area contributed by atoms with Crippen LogP contribution in [0.2, 0.25) is 0 Å². The van der Waals surface area contributed by atoms with Crippen LogP contribution in [-0.4, -0.2) is 58.1 Å². The van der Waals surface area contributed by atoms with E-state index in [1.807, 2.05) is 21.8 Å². The van der Waals surface area contributed by atoms with E-state index in [4.69, 9.17) is 4.98 Å². The Morgan fingerprint density at radius 1 is 1.06 bits per heavy atom. The normalized spacial score (nSPS) is 21.7. The number of nitrogens with one attached hydrogen (secondary N) is 1. The number of hydrogen-bond donors (Lipinski definition) is 1. The number of pyridine rings is 1. The molecule has 31 heavy (non-hydrogen) atoms. The van der Waals surface area contributed by atoms with E-state index < -0.39 is 0 Å². The molecule has 7 nitrogen and oxygen atoms in total. The number of hydrogen-bond acceptors (Lipinski definition) is 5. The van der Waals surface area contributed by atoms with Crippen LogP contribution in [0.1, 0.15) is 37.3 Å². The van der Waals surface area contributed by atoms with E-state index in [1.54, 1.807) is 0 Å². The smallest absolute Gasteiger partial charge is 0.225 e. The summed E-state index contributed by atoms with van der Waals surface area (Å²) in [5.74, 6) is 0.655. The van der Waals surface area contributed by atoms with Crippen LogP contribution in [0.4, 0.5) is 5.69 Å². The van der Waals surface area contributed by atoms with Gasteiger partial charge in [-0.2, -0.15) is 5.10 Å². The van der Waals surface area contributed by atoms with Crippen molar-refractivity contribution in [1.82, 2.24) is 24.8 Å². The van der Waals surface area contributed by atoms with Crippen LogP contribution < -0.4 is 10.2 Å². The molecule has 7 heteroatoms. The van der Waals surface area contributed by atoms with Gasteiger partial charge in [0.05, 0.1) is 16.9 Å². The zero-order valence-corrected chi connectivity index (χ0v) is 17.7. The molecular weight excluding hydrogens is 388 g/mol. The minimum atomic E-state index is 0.302. The van der Waals surface area contributed by atoms with Crippen LogP contribution in [-0.2, 0) is 4.79 Å². The first-order valence-electron chi connectivity index (χ1n) is 11.5. The fourth-order valence-corrected chi connectivity index (χ4v) is 4.91. The Labute approximate surface area is 182 Å². The average Bonchev–Trinajstić information content (AvgIpc) is 3.33. The van der Waals surface area contributed by atoms with E-state index in [9.17, 15) is 4.79 Å². The lowest BCUT2D eigenvalue weighted by atomic mass is 10.1. The molecule has 1 aliphatic carbocycles. The van der Waals surface area contributed by atoms with Crippen molar-refractivity contribution in [3.05, 3.63) is 48.4 Å². The Bertz CT molecular complexity index is 1090. The summed E-state index contributed by atoms with van der Waals surface area (Å²) in [4.78, 5) is 21.5. The molecule has 0 radical (unpaired) electrons. The topological polar surface area (TPSA) is 65.8 Å². The second-order valence-corrected chi connectivity index (χ2v) is 8.99. The highest BCUT2D eigenvalue weighted by Gasteiger charge is 2.34. The number of nitrogens with zero attached hydrogens (tertiary/aromatic N) is 5. The summed E-state index contributed by atoms with van der Waals surface area (Å²) in [6, 6.07) is 9.01. The standard InChI is InChI=1S/C24H28N6O/c31-24(17-3-4-17)29-12-10-28(11-13-29)22-7-9-27-30-16-19(14-23(22)30)21-6-5-18(15-26-21)20-2-1-8-25-20/h5-7,9,14-17,20,25H,1-4,8,10-13H2. The maximum Gasteiger partial charge on any atom is 0.225 e. The Kier molecular flexibility index (Phi) is 4.64. The number of aromatic nitrogens is 3. The number of carbonyl (C=O) groups excluding carboxylic acids is 1. The third-order valence-electron chi connectivity index (χ3n) is 6.89. The third-order valence-corrected chi connectivity index (χ3v) is 6.89. The molecule has 1 saturated carbocycles. The molecule has 2 saturated heterocycles. The highest BCUT2D eigenvalue weighted by Crippen LogP contribution is 2.32. The summed E-state index contributed by atoms with van der Waals surface area (Å²) < 4.78 is 1.94. The summed E-state index contributed by atoms with van der Waals surface area (Å²) in [5.41, 5.74) is 5.57.